The van der Waals surface area contributed by atoms with Crippen molar-refractivity contribution in [3.05, 3.63) is 40.9 Å². The van der Waals surface area contributed by atoms with E-state index in [1.807, 2.05) is 13.0 Å². The predicted molar refractivity (Wildman–Crippen MR) is 86.4 cm³/mol. The molecular formula is C18H19NaO5S. The monoisotopic (exact) mass is 374 g/mol. The van der Waals surface area contributed by atoms with Gasteiger partial charge in [0.05, 0.1) is 2.74 Å². The number of hydrogen-bond acceptors (Lipinski definition) is 5. The molecule has 0 amide bonds. The number of ketones is 1. The summed E-state index contributed by atoms with van der Waals surface area (Å²) in [6.45, 7) is 1.82. The van der Waals surface area contributed by atoms with Crippen molar-refractivity contribution in [3.8, 4) is 5.75 Å². The van der Waals surface area contributed by atoms with Crippen LogP contribution >= 0.6 is 0 Å². The number of hydrogen-bond donors (Lipinski definition) is 0. The Balaban J connectivity index is 0.00000240. The minimum absolute atomic E-state index is 0. The first-order valence-electron chi connectivity index (χ1n) is 9.88. The summed E-state index contributed by atoms with van der Waals surface area (Å²) in [5, 5.41) is 0. The molecule has 4 rings (SSSR count). The normalized spacial score (nSPS) is 34.8. The van der Waals surface area contributed by atoms with Crippen molar-refractivity contribution in [2.75, 3.05) is 0 Å². The Labute approximate surface area is 175 Å². The topological polar surface area (TPSA) is 83.5 Å². The van der Waals surface area contributed by atoms with E-state index in [9.17, 15) is 17.8 Å². The van der Waals surface area contributed by atoms with Crippen molar-refractivity contribution in [1.82, 2.24) is 0 Å². The summed E-state index contributed by atoms with van der Waals surface area (Å²) in [6.07, 6.45) is 1.51. The van der Waals surface area contributed by atoms with Crippen LogP contribution in [0.2, 0.25) is 0 Å². The summed E-state index contributed by atoms with van der Waals surface area (Å²) in [5.74, 6) is -1.32. The van der Waals surface area contributed by atoms with Crippen LogP contribution in [-0.2, 0) is 21.6 Å². The van der Waals surface area contributed by atoms with Gasteiger partial charge in [-0.3, -0.25) is 4.79 Å². The Morgan fingerprint density at radius 3 is 2.92 bits per heavy atom. The number of benzene rings is 1. The average Bonchev–Trinajstić information content (AvgIpc) is 2.77. The molecule has 0 radical (unpaired) electrons. The molecule has 0 spiro atoms. The summed E-state index contributed by atoms with van der Waals surface area (Å²) in [4.78, 5) is 12.6. The fraction of sp³-hybridized carbons (Fsp3) is 0.500. The van der Waals surface area contributed by atoms with Crippen LogP contribution in [0.3, 0.4) is 0 Å². The molecule has 1 aromatic rings. The molecule has 0 aliphatic heterocycles. The Morgan fingerprint density at radius 2 is 2.20 bits per heavy atom. The van der Waals surface area contributed by atoms with E-state index in [1.54, 1.807) is 0 Å². The van der Waals surface area contributed by atoms with Crippen molar-refractivity contribution in [3.63, 3.8) is 0 Å². The molecule has 128 valence electrons. The van der Waals surface area contributed by atoms with Crippen LogP contribution in [0.15, 0.2) is 29.8 Å². The zero-order valence-electron chi connectivity index (χ0n) is 18.1. The molecule has 0 aromatic heterocycles. The van der Waals surface area contributed by atoms with Gasteiger partial charge >= 0.3 is 29.6 Å². The number of carbonyl (C=O) groups excluding carboxylic acids is 1. The molecule has 7 heteroatoms. The van der Waals surface area contributed by atoms with Crippen LogP contribution in [0.25, 0.3) is 0 Å². The number of rotatable bonds is 2. The minimum Gasteiger partial charge on any atom is -0.716 e. The van der Waals surface area contributed by atoms with Gasteiger partial charge in [-0.05, 0) is 54.8 Å². The van der Waals surface area contributed by atoms with E-state index in [0.717, 1.165) is 5.57 Å². The van der Waals surface area contributed by atoms with Crippen LogP contribution in [0.4, 0.5) is 0 Å². The zero-order chi connectivity index (χ0) is 20.6. The van der Waals surface area contributed by atoms with Gasteiger partial charge in [-0.1, -0.05) is 24.6 Å². The molecule has 0 unspecified atom stereocenters. The maximum Gasteiger partial charge on any atom is 1.00 e. The summed E-state index contributed by atoms with van der Waals surface area (Å²) in [5.41, 5.74) is 1.40. The van der Waals surface area contributed by atoms with Crippen LogP contribution in [-0.4, -0.2) is 18.8 Å². The molecule has 2 fully saturated rings. The van der Waals surface area contributed by atoms with Crippen LogP contribution in [0.1, 0.15) is 55.1 Å². The molecule has 5 nitrogen and oxygen atoms in total. The molecule has 25 heavy (non-hydrogen) atoms. The Morgan fingerprint density at radius 1 is 1.44 bits per heavy atom. The van der Waals surface area contributed by atoms with E-state index in [2.05, 4.69) is 4.18 Å². The molecule has 0 bridgehead atoms. The van der Waals surface area contributed by atoms with E-state index in [-0.39, 0.29) is 72.1 Å². The molecule has 3 aliphatic carbocycles. The molecule has 0 saturated heterocycles. The fourth-order valence-corrected chi connectivity index (χ4v) is 4.64. The first-order valence-corrected chi connectivity index (χ1v) is 9.21. The van der Waals surface area contributed by atoms with E-state index in [4.69, 9.17) is 5.48 Å². The molecule has 2 saturated carbocycles. The van der Waals surface area contributed by atoms with Crippen molar-refractivity contribution in [2.24, 2.45) is 11.3 Å². The van der Waals surface area contributed by atoms with Gasteiger partial charge in [0.1, 0.15) is 11.5 Å². The maximum atomic E-state index is 12.6. The molecular weight excluding hydrogens is 351 g/mol. The molecule has 0 N–H and O–H groups in total. The third kappa shape index (κ3) is 3.23. The van der Waals surface area contributed by atoms with Crippen molar-refractivity contribution < 1.29 is 57.0 Å². The van der Waals surface area contributed by atoms with E-state index in [0.29, 0.717) is 24.0 Å². The Hall–Kier alpha value is -0.660. The largest absolute Gasteiger partial charge is 1.00 e. The fourth-order valence-electron chi connectivity index (χ4n) is 4.35. The summed E-state index contributed by atoms with van der Waals surface area (Å²) in [7, 11) is -5.10. The SMILES string of the molecule is [2H]c1cc2c(c([2H])c1OS(=O)(=O)[O-])CC=C1[C@@H]2CC[C@]2(C)C(=O)C([2H])([2H])C[C@@H]12.[Na+]. The second-order valence-electron chi connectivity index (χ2n) is 6.85. The average molecular weight is 374 g/mol. The molecule has 3 atom stereocenters. The zero-order valence-corrected chi connectivity index (χ0v) is 16.9. The van der Waals surface area contributed by atoms with Gasteiger partial charge in [-0.25, -0.2) is 8.42 Å². The first kappa shape index (κ1) is 14.4. The smallest absolute Gasteiger partial charge is 0.716 e. The van der Waals surface area contributed by atoms with Gasteiger partial charge in [0, 0.05) is 20.4 Å². The first-order chi connectivity index (χ1) is 12.8. The van der Waals surface area contributed by atoms with Crippen LogP contribution < -0.4 is 33.7 Å². The summed E-state index contributed by atoms with van der Waals surface area (Å²) in [6, 6.07) is 0.790. The summed E-state index contributed by atoms with van der Waals surface area (Å²) < 4.78 is 69.5. The van der Waals surface area contributed by atoms with Crippen LogP contribution in [0.5, 0.6) is 5.75 Å². The van der Waals surface area contributed by atoms with E-state index in [1.165, 1.54) is 6.07 Å². The van der Waals surface area contributed by atoms with Gasteiger partial charge in [-0.15, -0.1) is 0 Å². The van der Waals surface area contributed by atoms with Gasteiger partial charge in [0.25, 0.3) is 10.4 Å². The second-order valence-corrected chi connectivity index (χ2v) is 7.83. The van der Waals surface area contributed by atoms with Gasteiger partial charge in [-0.2, -0.15) is 0 Å². The van der Waals surface area contributed by atoms with Crippen LogP contribution in [0, 0.1) is 11.3 Å². The number of allylic oxidation sites excluding steroid dienone is 2. The van der Waals surface area contributed by atoms with E-state index >= 15 is 0 Å². The van der Waals surface area contributed by atoms with Crippen molar-refractivity contribution >= 4 is 16.2 Å². The Kier molecular flexibility index (Phi) is 3.74. The number of fused-ring (bicyclic) bond motifs is 5. The molecule has 0 heterocycles. The third-order valence-electron chi connectivity index (χ3n) is 5.59. The van der Waals surface area contributed by atoms with Crippen molar-refractivity contribution in [1.29, 1.82) is 0 Å². The molecule has 1 aromatic carbocycles. The number of carbonyl (C=O) groups is 1. The minimum atomic E-state index is -5.10. The molecule has 3 aliphatic rings. The Bertz CT molecular complexity index is 1040. The quantitative estimate of drug-likeness (QED) is 0.312. The van der Waals surface area contributed by atoms with Gasteiger partial charge in [0.2, 0.25) is 0 Å². The predicted octanol–water partition coefficient (Wildman–Crippen LogP) is -0.125. The third-order valence-corrected chi connectivity index (χ3v) is 5.96. The van der Waals surface area contributed by atoms with Gasteiger partial charge in [0.15, 0.2) is 0 Å². The van der Waals surface area contributed by atoms with Gasteiger partial charge < -0.3 is 8.74 Å². The standard InChI is InChI=1S/C18H20O5S.Na/c1-18-9-8-14-13-5-3-12(23-24(20,21)22)10-11(13)2-4-15(14)16(18)6-7-17(18)19;/h3-5,10,14,16H,2,6-9H2,1H3,(H,20,21,22);/q;+1/p-1/t14-,16+,18+;/m1./s1/i3D,7D2,10D;. The maximum absolute atomic E-state index is 12.6. The van der Waals surface area contributed by atoms with Crippen molar-refractivity contribution in [2.45, 2.75) is 44.9 Å². The van der Waals surface area contributed by atoms with E-state index < -0.39 is 27.9 Å². The number of Topliss-reactive ketones (excluding diaryl/α,β-unsaturated/α-hetero) is 1. The summed E-state index contributed by atoms with van der Waals surface area (Å²) >= 11 is 0. The second kappa shape index (κ2) is 6.50.